The summed E-state index contributed by atoms with van der Waals surface area (Å²) in [5.74, 6) is -0.945. The van der Waals surface area contributed by atoms with Gasteiger partial charge in [0.1, 0.15) is 4.90 Å². The summed E-state index contributed by atoms with van der Waals surface area (Å²) in [5.41, 5.74) is 1.43. The number of rotatable bonds is 4. The fourth-order valence-corrected chi connectivity index (χ4v) is 5.11. The maximum absolute atomic E-state index is 12.6. The molecule has 1 amide bonds. The summed E-state index contributed by atoms with van der Waals surface area (Å²) in [4.78, 5) is 27.0. The van der Waals surface area contributed by atoms with Crippen LogP contribution in [0.2, 0.25) is 0 Å². The number of piperidine rings is 1. The van der Waals surface area contributed by atoms with Crippen LogP contribution in [-0.4, -0.2) is 50.2 Å². The summed E-state index contributed by atoms with van der Waals surface area (Å²) in [6.07, 6.45) is -0.0884. The van der Waals surface area contributed by atoms with Crippen LogP contribution in [0.3, 0.4) is 0 Å². The monoisotopic (exact) mass is 466 g/mol. The van der Waals surface area contributed by atoms with E-state index in [4.69, 9.17) is 10.00 Å². The van der Waals surface area contributed by atoms with Crippen LogP contribution < -0.4 is 5.32 Å². The summed E-state index contributed by atoms with van der Waals surface area (Å²) in [6, 6.07) is 15.1. The molecule has 0 aromatic heterocycles. The van der Waals surface area contributed by atoms with Gasteiger partial charge in [-0.25, -0.2) is 0 Å². The number of esters is 1. The Labute approximate surface area is 191 Å². The SMILES string of the molecule is C[C@H](OC(=O)C1CCN(C2=NS(=O)(=O)c3ccccc32)CC1)C(=O)Nc1cccc(C#N)c1. The Morgan fingerprint density at radius 2 is 1.91 bits per heavy atom. The van der Waals surface area contributed by atoms with Gasteiger partial charge in [0.25, 0.3) is 15.9 Å². The molecule has 0 spiro atoms. The Kier molecular flexibility index (Phi) is 6.16. The summed E-state index contributed by atoms with van der Waals surface area (Å²) >= 11 is 0. The second kappa shape index (κ2) is 9.03. The molecule has 1 N–H and O–H groups in total. The van der Waals surface area contributed by atoms with Crippen LogP contribution in [0.4, 0.5) is 5.69 Å². The number of carbonyl (C=O) groups excluding carboxylic acids is 2. The van der Waals surface area contributed by atoms with Crippen LogP contribution in [0.1, 0.15) is 30.9 Å². The standard InChI is InChI=1S/C23H22N4O5S/c1-15(22(28)25-18-6-4-5-16(13-18)14-24)32-23(29)17-9-11-27(12-10-17)21-19-7-2-3-8-20(19)33(30,31)26-21/h2-8,13,15,17H,9-12H2,1H3,(H,25,28)/t15-/m0/s1. The fraction of sp³-hybridized carbons (Fsp3) is 0.304. The van der Waals surface area contributed by atoms with Crippen molar-refractivity contribution in [3.8, 4) is 6.07 Å². The smallest absolute Gasteiger partial charge is 0.309 e. The zero-order valence-corrected chi connectivity index (χ0v) is 18.7. The summed E-state index contributed by atoms with van der Waals surface area (Å²) in [7, 11) is -3.70. The lowest BCUT2D eigenvalue weighted by atomic mass is 9.96. The lowest BCUT2D eigenvalue weighted by molar-refractivity contribution is -0.158. The first kappa shape index (κ1) is 22.5. The van der Waals surface area contributed by atoms with E-state index >= 15 is 0 Å². The predicted molar refractivity (Wildman–Crippen MR) is 120 cm³/mol. The molecule has 0 bridgehead atoms. The maximum atomic E-state index is 12.6. The van der Waals surface area contributed by atoms with Crippen LogP contribution in [0.25, 0.3) is 0 Å². The molecule has 9 nitrogen and oxygen atoms in total. The van der Waals surface area contributed by atoms with Crippen molar-refractivity contribution in [1.82, 2.24) is 4.90 Å². The first-order chi connectivity index (χ1) is 15.8. The minimum atomic E-state index is -3.70. The first-order valence-corrected chi connectivity index (χ1v) is 11.9. The highest BCUT2D eigenvalue weighted by Gasteiger charge is 2.35. The maximum Gasteiger partial charge on any atom is 0.309 e. The molecular formula is C23H22N4O5S. The molecule has 1 fully saturated rings. The van der Waals surface area contributed by atoms with Crippen LogP contribution in [-0.2, 0) is 24.3 Å². The van der Waals surface area contributed by atoms with E-state index in [2.05, 4.69) is 9.71 Å². The Morgan fingerprint density at radius 3 is 2.64 bits per heavy atom. The van der Waals surface area contributed by atoms with Crippen LogP contribution >= 0.6 is 0 Å². The number of hydrogen-bond donors (Lipinski definition) is 1. The number of nitriles is 1. The molecule has 1 atom stereocenters. The molecule has 1 saturated heterocycles. The number of fused-ring (bicyclic) bond motifs is 1. The average Bonchev–Trinajstić information content (AvgIpc) is 3.10. The molecule has 2 aliphatic heterocycles. The number of nitrogens with one attached hydrogen (secondary N) is 1. The molecule has 2 heterocycles. The topological polar surface area (TPSA) is 129 Å². The minimum absolute atomic E-state index is 0.196. The number of anilines is 1. The van der Waals surface area contributed by atoms with Gasteiger partial charge in [-0.2, -0.15) is 13.7 Å². The van der Waals surface area contributed by atoms with Crippen molar-refractivity contribution in [2.45, 2.75) is 30.8 Å². The third-order valence-electron chi connectivity index (χ3n) is 5.66. The van der Waals surface area contributed by atoms with Gasteiger partial charge >= 0.3 is 5.97 Å². The van der Waals surface area contributed by atoms with Crippen molar-refractivity contribution in [3.63, 3.8) is 0 Å². The Hall–Kier alpha value is -3.71. The van der Waals surface area contributed by atoms with Gasteiger partial charge in [-0.05, 0) is 50.1 Å². The summed E-state index contributed by atoms with van der Waals surface area (Å²) < 4.78 is 33.9. The van der Waals surface area contributed by atoms with Gasteiger partial charge in [-0.1, -0.05) is 18.2 Å². The normalized spacial score (nSPS) is 17.9. The molecule has 0 aliphatic carbocycles. The van der Waals surface area contributed by atoms with Crippen molar-refractivity contribution in [3.05, 3.63) is 59.7 Å². The Balaban J connectivity index is 1.32. The van der Waals surface area contributed by atoms with E-state index < -0.39 is 33.9 Å². The van der Waals surface area contributed by atoms with Gasteiger partial charge < -0.3 is 15.0 Å². The number of amidine groups is 1. The Morgan fingerprint density at radius 1 is 1.18 bits per heavy atom. The number of likely N-dealkylation sites (tertiary alicyclic amines) is 1. The van der Waals surface area contributed by atoms with Gasteiger partial charge in [0.15, 0.2) is 11.9 Å². The molecule has 4 rings (SSSR count). The van der Waals surface area contributed by atoms with Crippen LogP contribution in [0.5, 0.6) is 0 Å². The van der Waals surface area contributed by atoms with Crippen molar-refractivity contribution in [2.75, 3.05) is 18.4 Å². The van der Waals surface area contributed by atoms with E-state index in [1.165, 1.54) is 19.1 Å². The van der Waals surface area contributed by atoms with Crippen molar-refractivity contribution < 1.29 is 22.7 Å². The van der Waals surface area contributed by atoms with Gasteiger partial charge in [0.2, 0.25) is 0 Å². The first-order valence-electron chi connectivity index (χ1n) is 10.5. The van der Waals surface area contributed by atoms with Crippen molar-refractivity contribution in [2.24, 2.45) is 10.3 Å². The second-order valence-corrected chi connectivity index (χ2v) is 9.48. The van der Waals surface area contributed by atoms with E-state index in [0.29, 0.717) is 48.6 Å². The molecule has 0 unspecified atom stereocenters. The summed E-state index contributed by atoms with van der Waals surface area (Å²) in [5, 5.41) is 11.6. The third kappa shape index (κ3) is 4.73. The van der Waals surface area contributed by atoms with Gasteiger partial charge in [-0.15, -0.1) is 4.40 Å². The number of carbonyl (C=O) groups is 2. The zero-order valence-electron chi connectivity index (χ0n) is 17.9. The molecule has 33 heavy (non-hydrogen) atoms. The number of hydrogen-bond acceptors (Lipinski definition) is 7. The second-order valence-electron chi connectivity index (χ2n) is 7.91. The molecule has 0 radical (unpaired) electrons. The molecular weight excluding hydrogens is 444 g/mol. The average molecular weight is 467 g/mol. The molecule has 170 valence electrons. The highest BCUT2D eigenvalue weighted by atomic mass is 32.2. The van der Waals surface area contributed by atoms with Gasteiger partial charge in [0.05, 0.1) is 17.6 Å². The quantitative estimate of drug-likeness (QED) is 0.685. The van der Waals surface area contributed by atoms with Crippen molar-refractivity contribution >= 4 is 33.4 Å². The Bertz CT molecular complexity index is 1270. The fourth-order valence-electron chi connectivity index (χ4n) is 3.88. The largest absolute Gasteiger partial charge is 0.452 e. The number of amides is 1. The van der Waals surface area contributed by atoms with E-state index in [0.717, 1.165) is 0 Å². The van der Waals surface area contributed by atoms with E-state index in [-0.39, 0.29) is 4.90 Å². The van der Waals surface area contributed by atoms with Crippen LogP contribution in [0, 0.1) is 17.2 Å². The number of sulfonamides is 1. The molecule has 2 aromatic carbocycles. The number of ether oxygens (including phenoxy) is 1. The number of benzene rings is 2. The van der Waals surface area contributed by atoms with Crippen molar-refractivity contribution in [1.29, 1.82) is 5.26 Å². The lowest BCUT2D eigenvalue weighted by Gasteiger charge is -2.32. The predicted octanol–water partition coefficient (Wildman–Crippen LogP) is 2.29. The third-order valence-corrected chi connectivity index (χ3v) is 6.99. The molecule has 2 aliphatic rings. The van der Waals surface area contributed by atoms with Gasteiger partial charge in [0, 0.05) is 24.3 Å². The van der Waals surface area contributed by atoms with E-state index in [1.807, 2.05) is 11.0 Å². The molecule has 2 aromatic rings. The molecule has 0 saturated carbocycles. The van der Waals surface area contributed by atoms with Gasteiger partial charge in [-0.3, -0.25) is 9.59 Å². The highest BCUT2D eigenvalue weighted by molar-refractivity contribution is 7.90. The van der Waals surface area contributed by atoms with E-state index in [9.17, 15) is 18.0 Å². The molecule has 10 heteroatoms. The summed E-state index contributed by atoms with van der Waals surface area (Å²) in [6.45, 7) is 2.39. The zero-order chi connectivity index (χ0) is 23.6. The van der Waals surface area contributed by atoms with Crippen LogP contribution in [0.15, 0.2) is 57.8 Å². The highest BCUT2D eigenvalue weighted by Crippen LogP contribution is 2.30. The number of nitrogens with zero attached hydrogens (tertiary/aromatic N) is 3. The lowest BCUT2D eigenvalue weighted by Crippen LogP contribution is -2.41. The van der Waals surface area contributed by atoms with E-state index in [1.54, 1.807) is 36.4 Å². The minimum Gasteiger partial charge on any atom is -0.452 e.